The lowest BCUT2D eigenvalue weighted by atomic mass is 9.92. The monoisotopic (exact) mass is 332 g/mol. The van der Waals surface area contributed by atoms with E-state index in [-0.39, 0.29) is 11.9 Å². The van der Waals surface area contributed by atoms with Gasteiger partial charge in [0.2, 0.25) is 5.91 Å². The molecule has 2 heterocycles. The molecule has 1 fully saturated rings. The molecule has 1 aromatic heterocycles. The van der Waals surface area contributed by atoms with Crippen molar-refractivity contribution in [3.63, 3.8) is 0 Å². The van der Waals surface area contributed by atoms with Gasteiger partial charge in [0, 0.05) is 50.1 Å². The van der Waals surface area contributed by atoms with Crippen LogP contribution in [0.25, 0.3) is 6.08 Å². The number of carbonyl (C=O) groups is 1. The Morgan fingerprint density at radius 2 is 1.96 bits per heavy atom. The van der Waals surface area contributed by atoms with E-state index in [1.54, 1.807) is 6.08 Å². The van der Waals surface area contributed by atoms with Crippen molar-refractivity contribution in [2.24, 2.45) is 18.9 Å². The van der Waals surface area contributed by atoms with E-state index in [2.05, 4.69) is 36.1 Å². The number of nitrogens with one attached hydrogen (secondary N) is 1. The Kier molecular flexibility index (Phi) is 6.21. The molecule has 1 aliphatic heterocycles. The summed E-state index contributed by atoms with van der Waals surface area (Å²) in [5.41, 5.74) is 3.04. The fourth-order valence-electron chi connectivity index (χ4n) is 3.86. The molecule has 0 saturated carbocycles. The molecule has 1 aromatic rings. The standard InChI is InChI=1S/C19H32N4O/c1-13-9-14(2)11-23(10-13)12-15(3)20-19(24)8-7-18-16(4)21-22(6)17(18)5/h7-8,13-15H,9-12H2,1-6H3,(H,20,24). The second-order valence-corrected chi connectivity index (χ2v) is 7.62. The van der Waals surface area contributed by atoms with Crippen molar-refractivity contribution in [3.05, 3.63) is 23.0 Å². The summed E-state index contributed by atoms with van der Waals surface area (Å²) in [6, 6.07) is 0.149. The molecule has 2 rings (SSSR count). The SMILES string of the molecule is Cc1nn(C)c(C)c1C=CC(=O)NC(C)CN1CC(C)CC(C)C1. The molecule has 1 N–H and O–H groups in total. The average molecular weight is 332 g/mol. The number of likely N-dealkylation sites (tertiary alicyclic amines) is 1. The number of rotatable bonds is 5. The van der Waals surface area contributed by atoms with Gasteiger partial charge in [-0.05, 0) is 45.1 Å². The predicted molar refractivity (Wildman–Crippen MR) is 98.7 cm³/mol. The van der Waals surface area contributed by atoms with Gasteiger partial charge in [0.1, 0.15) is 0 Å². The Hall–Kier alpha value is -1.62. The quantitative estimate of drug-likeness (QED) is 0.843. The highest BCUT2D eigenvalue weighted by Gasteiger charge is 2.23. The highest BCUT2D eigenvalue weighted by Crippen LogP contribution is 2.20. The molecule has 1 aliphatic rings. The first-order valence-electron chi connectivity index (χ1n) is 8.97. The first-order valence-corrected chi connectivity index (χ1v) is 8.97. The third-order valence-corrected chi connectivity index (χ3v) is 4.83. The minimum Gasteiger partial charge on any atom is -0.349 e. The molecule has 1 amide bonds. The highest BCUT2D eigenvalue weighted by molar-refractivity contribution is 5.92. The van der Waals surface area contributed by atoms with Crippen LogP contribution in [0.15, 0.2) is 6.08 Å². The maximum absolute atomic E-state index is 12.2. The highest BCUT2D eigenvalue weighted by atomic mass is 16.1. The van der Waals surface area contributed by atoms with E-state index in [1.165, 1.54) is 6.42 Å². The fourth-order valence-corrected chi connectivity index (χ4v) is 3.86. The minimum atomic E-state index is -0.0386. The number of nitrogens with zero attached hydrogens (tertiary/aromatic N) is 3. The molecule has 0 spiro atoms. The van der Waals surface area contributed by atoms with Gasteiger partial charge in [0.25, 0.3) is 0 Å². The summed E-state index contributed by atoms with van der Waals surface area (Å²) in [5, 5.41) is 7.45. The fraction of sp³-hybridized carbons (Fsp3) is 0.684. The van der Waals surface area contributed by atoms with Crippen LogP contribution in [0.3, 0.4) is 0 Å². The van der Waals surface area contributed by atoms with Gasteiger partial charge in [0.15, 0.2) is 0 Å². The molecule has 134 valence electrons. The first kappa shape index (κ1) is 18.7. The minimum absolute atomic E-state index is 0.0386. The average Bonchev–Trinajstić information content (AvgIpc) is 2.68. The Labute approximate surface area is 146 Å². The van der Waals surface area contributed by atoms with Gasteiger partial charge < -0.3 is 10.2 Å². The Bertz CT molecular complexity index is 595. The van der Waals surface area contributed by atoms with E-state index in [0.717, 1.165) is 48.4 Å². The van der Waals surface area contributed by atoms with Gasteiger partial charge in [0.05, 0.1) is 5.69 Å². The summed E-state index contributed by atoms with van der Waals surface area (Å²) in [6.07, 6.45) is 4.80. The summed E-state index contributed by atoms with van der Waals surface area (Å²) in [4.78, 5) is 14.7. The van der Waals surface area contributed by atoms with Crippen LogP contribution in [-0.2, 0) is 11.8 Å². The Balaban J connectivity index is 1.86. The van der Waals surface area contributed by atoms with Gasteiger partial charge >= 0.3 is 0 Å². The summed E-state index contributed by atoms with van der Waals surface area (Å²) in [5.74, 6) is 1.45. The molecule has 0 aromatic carbocycles. The molecule has 3 unspecified atom stereocenters. The molecule has 5 nitrogen and oxygen atoms in total. The number of hydrogen-bond donors (Lipinski definition) is 1. The maximum atomic E-state index is 12.2. The summed E-state index contributed by atoms with van der Waals surface area (Å²) in [7, 11) is 1.92. The van der Waals surface area contributed by atoms with Crippen LogP contribution in [0.5, 0.6) is 0 Å². The van der Waals surface area contributed by atoms with Crippen LogP contribution in [0.4, 0.5) is 0 Å². The molecule has 5 heteroatoms. The number of amides is 1. The van der Waals surface area contributed by atoms with Crippen LogP contribution < -0.4 is 5.32 Å². The van der Waals surface area contributed by atoms with E-state index in [1.807, 2.05) is 31.7 Å². The third-order valence-electron chi connectivity index (χ3n) is 4.83. The van der Waals surface area contributed by atoms with Gasteiger partial charge in [-0.3, -0.25) is 9.48 Å². The van der Waals surface area contributed by atoms with Crippen LogP contribution in [0.1, 0.15) is 44.1 Å². The van der Waals surface area contributed by atoms with E-state index in [4.69, 9.17) is 0 Å². The van der Waals surface area contributed by atoms with Crippen molar-refractivity contribution >= 4 is 12.0 Å². The maximum Gasteiger partial charge on any atom is 0.244 e. The summed E-state index contributed by atoms with van der Waals surface area (Å²) < 4.78 is 1.84. The summed E-state index contributed by atoms with van der Waals surface area (Å²) in [6.45, 7) is 13.9. The molecular weight excluding hydrogens is 300 g/mol. The molecule has 0 bridgehead atoms. The Morgan fingerprint density at radius 1 is 1.33 bits per heavy atom. The number of carbonyl (C=O) groups excluding carboxylic acids is 1. The van der Waals surface area contributed by atoms with Crippen LogP contribution in [0.2, 0.25) is 0 Å². The van der Waals surface area contributed by atoms with Crippen molar-refractivity contribution in [1.29, 1.82) is 0 Å². The van der Waals surface area contributed by atoms with Crippen molar-refractivity contribution in [3.8, 4) is 0 Å². The zero-order chi connectivity index (χ0) is 17.9. The van der Waals surface area contributed by atoms with Crippen LogP contribution >= 0.6 is 0 Å². The van der Waals surface area contributed by atoms with Crippen LogP contribution in [-0.4, -0.2) is 46.3 Å². The first-order chi connectivity index (χ1) is 11.3. The number of aryl methyl sites for hydroxylation is 2. The second kappa shape index (κ2) is 7.97. The van der Waals surface area contributed by atoms with Crippen LogP contribution in [0, 0.1) is 25.7 Å². The lowest BCUT2D eigenvalue weighted by molar-refractivity contribution is -0.117. The zero-order valence-electron chi connectivity index (χ0n) is 16.0. The smallest absolute Gasteiger partial charge is 0.244 e. The largest absolute Gasteiger partial charge is 0.349 e. The molecule has 0 aliphatic carbocycles. The topological polar surface area (TPSA) is 50.2 Å². The van der Waals surface area contributed by atoms with Crippen molar-refractivity contribution in [2.75, 3.05) is 19.6 Å². The lowest BCUT2D eigenvalue weighted by Gasteiger charge is -2.36. The Morgan fingerprint density at radius 3 is 2.50 bits per heavy atom. The normalized spacial score (nSPS) is 23.6. The number of aromatic nitrogens is 2. The van der Waals surface area contributed by atoms with E-state index in [9.17, 15) is 4.79 Å². The van der Waals surface area contributed by atoms with Gasteiger partial charge in [-0.15, -0.1) is 0 Å². The van der Waals surface area contributed by atoms with E-state index < -0.39 is 0 Å². The van der Waals surface area contributed by atoms with Gasteiger partial charge in [-0.25, -0.2) is 0 Å². The number of hydrogen-bond acceptors (Lipinski definition) is 3. The molecule has 24 heavy (non-hydrogen) atoms. The summed E-state index contributed by atoms with van der Waals surface area (Å²) >= 11 is 0. The van der Waals surface area contributed by atoms with Crippen molar-refractivity contribution in [2.45, 2.75) is 47.1 Å². The van der Waals surface area contributed by atoms with E-state index >= 15 is 0 Å². The molecule has 1 saturated heterocycles. The zero-order valence-corrected chi connectivity index (χ0v) is 16.0. The molecule has 0 radical (unpaired) electrons. The molecular formula is C19H32N4O. The van der Waals surface area contributed by atoms with Gasteiger partial charge in [-0.2, -0.15) is 5.10 Å². The van der Waals surface area contributed by atoms with Crippen molar-refractivity contribution in [1.82, 2.24) is 20.0 Å². The second-order valence-electron chi connectivity index (χ2n) is 7.62. The number of piperidine rings is 1. The third kappa shape index (κ3) is 4.94. The molecule has 3 atom stereocenters. The van der Waals surface area contributed by atoms with Gasteiger partial charge in [-0.1, -0.05) is 13.8 Å². The van der Waals surface area contributed by atoms with E-state index in [0.29, 0.717) is 0 Å². The lowest BCUT2D eigenvalue weighted by Crippen LogP contribution is -2.46. The predicted octanol–water partition coefficient (Wildman–Crippen LogP) is 2.53. The van der Waals surface area contributed by atoms with Crippen molar-refractivity contribution < 1.29 is 4.79 Å².